The molecule has 0 bridgehead atoms. The SMILES string of the molecule is OC1(NC2=NCCN2)C=C2CCCCC2=CC1. The molecular weight excluding hydrogens is 214 g/mol. The molecule has 1 heterocycles. The van der Waals surface area contributed by atoms with Gasteiger partial charge in [0, 0.05) is 13.0 Å². The van der Waals surface area contributed by atoms with Crippen molar-refractivity contribution in [1.82, 2.24) is 10.6 Å². The summed E-state index contributed by atoms with van der Waals surface area (Å²) < 4.78 is 0. The van der Waals surface area contributed by atoms with Crippen LogP contribution in [0, 0.1) is 0 Å². The second-order valence-corrected chi connectivity index (χ2v) is 5.02. The second-order valence-electron chi connectivity index (χ2n) is 5.02. The zero-order chi connectivity index (χ0) is 11.7. The van der Waals surface area contributed by atoms with Crippen molar-refractivity contribution in [3.63, 3.8) is 0 Å². The molecule has 0 aromatic heterocycles. The standard InChI is InChI=1S/C13H19N3O/c17-13(16-12-14-7-8-15-12)6-5-10-3-1-2-4-11(10)9-13/h5,9,17H,1-4,6-8H2,(H2,14,15,16). The highest BCUT2D eigenvalue weighted by Crippen LogP contribution is 2.34. The Labute approximate surface area is 102 Å². The van der Waals surface area contributed by atoms with Gasteiger partial charge in [0.25, 0.3) is 0 Å². The predicted molar refractivity (Wildman–Crippen MR) is 67.6 cm³/mol. The van der Waals surface area contributed by atoms with Crippen LogP contribution in [0.25, 0.3) is 0 Å². The van der Waals surface area contributed by atoms with Crippen LogP contribution in [-0.4, -0.2) is 29.9 Å². The van der Waals surface area contributed by atoms with Crippen LogP contribution in [0.1, 0.15) is 32.1 Å². The molecule has 3 N–H and O–H groups in total. The normalized spacial score (nSPS) is 31.9. The highest BCUT2D eigenvalue weighted by molar-refractivity contribution is 5.82. The van der Waals surface area contributed by atoms with Crippen molar-refractivity contribution >= 4 is 5.96 Å². The number of hydrogen-bond acceptors (Lipinski definition) is 4. The van der Waals surface area contributed by atoms with Crippen molar-refractivity contribution in [3.05, 3.63) is 23.3 Å². The Balaban J connectivity index is 1.76. The van der Waals surface area contributed by atoms with Crippen LogP contribution >= 0.6 is 0 Å². The summed E-state index contributed by atoms with van der Waals surface area (Å²) in [4.78, 5) is 4.26. The number of allylic oxidation sites excluding steroid dienone is 2. The Kier molecular flexibility index (Phi) is 2.67. The summed E-state index contributed by atoms with van der Waals surface area (Å²) in [6, 6.07) is 0. The molecule has 3 rings (SSSR count). The minimum Gasteiger partial charge on any atom is -0.367 e. The molecule has 0 aromatic carbocycles. The Morgan fingerprint density at radius 3 is 2.88 bits per heavy atom. The maximum Gasteiger partial charge on any atom is 0.193 e. The topological polar surface area (TPSA) is 56.6 Å². The number of nitrogens with one attached hydrogen (secondary N) is 2. The van der Waals surface area contributed by atoms with Gasteiger partial charge in [0.05, 0.1) is 6.54 Å². The van der Waals surface area contributed by atoms with Crippen LogP contribution in [0.5, 0.6) is 0 Å². The fourth-order valence-electron chi connectivity index (χ4n) is 2.75. The third kappa shape index (κ3) is 2.22. The summed E-state index contributed by atoms with van der Waals surface area (Å²) in [7, 11) is 0. The number of guanidine groups is 1. The summed E-state index contributed by atoms with van der Waals surface area (Å²) in [5.74, 6) is 0.719. The average molecular weight is 233 g/mol. The first-order valence-electron chi connectivity index (χ1n) is 6.45. The van der Waals surface area contributed by atoms with E-state index in [4.69, 9.17) is 0 Å². The van der Waals surface area contributed by atoms with E-state index in [1.807, 2.05) is 6.08 Å². The molecule has 17 heavy (non-hydrogen) atoms. The predicted octanol–water partition coefficient (Wildman–Crippen LogP) is 1.05. The Bertz CT molecular complexity index is 411. The van der Waals surface area contributed by atoms with Gasteiger partial charge in [-0.1, -0.05) is 6.08 Å². The molecule has 0 spiro atoms. The molecular formula is C13H19N3O. The van der Waals surface area contributed by atoms with Crippen molar-refractivity contribution in [2.24, 2.45) is 4.99 Å². The van der Waals surface area contributed by atoms with Crippen LogP contribution in [0.3, 0.4) is 0 Å². The number of hydrogen-bond donors (Lipinski definition) is 3. The van der Waals surface area contributed by atoms with Crippen LogP contribution in [0.15, 0.2) is 28.3 Å². The van der Waals surface area contributed by atoms with Crippen LogP contribution in [0.2, 0.25) is 0 Å². The molecule has 2 aliphatic carbocycles. The summed E-state index contributed by atoms with van der Waals surface area (Å²) in [6.07, 6.45) is 9.58. The van der Waals surface area contributed by atoms with Gasteiger partial charge < -0.3 is 15.7 Å². The Hall–Kier alpha value is -1.29. The van der Waals surface area contributed by atoms with Gasteiger partial charge in [-0.25, -0.2) is 0 Å². The van der Waals surface area contributed by atoms with Gasteiger partial charge in [-0.15, -0.1) is 0 Å². The van der Waals surface area contributed by atoms with Gasteiger partial charge in [0.15, 0.2) is 11.7 Å². The molecule has 4 nitrogen and oxygen atoms in total. The third-order valence-corrected chi connectivity index (χ3v) is 3.64. The van der Waals surface area contributed by atoms with E-state index in [1.54, 1.807) is 0 Å². The van der Waals surface area contributed by atoms with Crippen LogP contribution in [0.4, 0.5) is 0 Å². The minimum atomic E-state index is -0.952. The van der Waals surface area contributed by atoms with E-state index in [2.05, 4.69) is 21.7 Å². The lowest BCUT2D eigenvalue weighted by molar-refractivity contribution is 0.0747. The lowest BCUT2D eigenvalue weighted by Crippen LogP contribution is -2.51. The van der Waals surface area contributed by atoms with E-state index in [0.717, 1.165) is 25.5 Å². The Morgan fingerprint density at radius 2 is 2.12 bits per heavy atom. The molecule has 92 valence electrons. The zero-order valence-corrected chi connectivity index (χ0v) is 10.00. The molecule has 1 saturated carbocycles. The number of nitrogens with zero attached hydrogens (tertiary/aromatic N) is 1. The fraction of sp³-hybridized carbons (Fsp3) is 0.615. The first kappa shape index (κ1) is 10.8. The van der Waals surface area contributed by atoms with E-state index < -0.39 is 5.72 Å². The van der Waals surface area contributed by atoms with Crippen LogP contribution < -0.4 is 10.6 Å². The van der Waals surface area contributed by atoms with E-state index in [1.165, 1.54) is 30.4 Å². The molecule has 1 unspecified atom stereocenters. The van der Waals surface area contributed by atoms with Crippen molar-refractivity contribution < 1.29 is 5.11 Å². The number of aliphatic hydroxyl groups is 1. The molecule has 0 amide bonds. The van der Waals surface area contributed by atoms with Crippen molar-refractivity contribution in [2.75, 3.05) is 13.1 Å². The number of fused-ring (bicyclic) bond motifs is 1. The molecule has 1 fully saturated rings. The lowest BCUT2D eigenvalue weighted by atomic mass is 9.83. The monoisotopic (exact) mass is 233 g/mol. The number of aliphatic imine (C=N–C) groups is 1. The summed E-state index contributed by atoms with van der Waals surface area (Å²) in [6.45, 7) is 1.64. The smallest absolute Gasteiger partial charge is 0.193 e. The molecule has 0 radical (unpaired) electrons. The van der Waals surface area contributed by atoms with E-state index in [9.17, 15) is 5.11 Å². The molecule has 0 saturated heterocycles. The average Bonchev–Trinajstić information content (AvgIpc) is 2.81. The van der Waals surface area contributed by atoms with Gasteiger partial charge in [-0.05, 0) is 42.9 Å². The molecule has 4 heteroatoms. The van der Waals surface area contributed by atoms with Crippen molar-refractivity contribution in [1.29, 1.82) is 0 Å². The Morgan fingerprint density at radius 1 is 1.29 bits per heavy atom. The van der Waals surface area contributed by atoms with Gasteiger partial charge in [0.2, 0.25) is 0 Å². The quantitative estimate of drug-likeness (QED) is 0.593. The minimum absolute atomic E-state index is 0.631. The highest BCUT2D eigenvalue weighted by Gasteiger charge is 2.30. The van der Waals surface area contributed by atoms with E-state index in [-0.39, 0.29) is 0 Å². The first-order valence-corrected chi connectivity index (χ1v) is 6.45. The summed E-state index contributed by atoms with van der Waals surface area (Å²) >= 11 is 0. The zero-order valence-electron chi connectivity index (χ0n) is 10.00. The number of rotatable bonds is 1. The third-order valence-electron chi connectivity index (χ3n) is 3.64. The summed E-state index contributed by atoms with van der Waals surface area (Å²) in [5, 5.41) is 16.7. The van der Waals surface area contributed by atoms with Gasteiger partial charge >= 0.3 is 0 Å². The maximum absolute atomic E-state index is 10.5. The fourth-order valence-corrected chi connectivity index (χ4v) is 2.75. The first-order chi connectivity index (χ1) is 8.25. The van der Waals surface area contributed by atoms with Crippen LogP contribution in [-0.2, 0) is 0 Å². The maximum atomic E-state index is 10.5. The summed E-state index contributed by atoms with van der Waals surface area (Å²) in [5.41, 5.74) is 1.80. The highest BCUT2D eigenvalue weighted by atomic mass is 16.3. The van der Waals surface area contributed by atoms with Crippen molar-refractivity contribution in [2.45, 2.75) is 37.8 Å². The molecule has 3 aliphatic rings. The molecule has 1 aliphatic heterocycles. The molecule has 1 atom stereocenters. The van der Waals surface area contributed by atoms with Gasteiger partial charge in [-0.3, -0.25) is 4.99 Å². The molecule has 0 aromatic rings. The van der Waals surface area contributed by atoms with Gasteiger partial charge in [-0.2, -0.15) is 0 Å². The van der Waals surface area contributed by atoms with E-state index >= 15 is 0 Å². The second kappa shape index (κ2) is 4.18. The lowest BCUT2D eigenvalue weighted by Gasteiger charge is -2.33. The largest absolute Gasteiger partial charge is 0.367 e. The van der Waals surface area contributed by atoms with E-state index in [0.29, 0.717) is 6.42 Å². The van der Waals surface area contributed by atoms with Crippen molar-refractivity contribution in [3.8, 4) is 0 Å². The van der Waals surface area contributed by atoms with Gasteiger partial charge in [0.1, 0.15) is 0 Å².